The van der Waals surface area contributed by atoms with E-state index >= 15 is 0 Å². The number of aromatic amines is 1. The Hall–Kier alpha value is -3.87. The van der Waals surface area contributed by atoms with Gasteiger partial charge in [-0.2, -0.15) is 12.6 Å². The number of nitrogens with zero attached hydrogens (tertiary/aromatic N) is 2. The summed E-state index contributed by atoms with van der Waals surface area (Å²) in [5, 5.41) is 17.7. The van der Waals surface area contributed by atoms with E-state index in [0.717, 1.165) is 5.56 Å². The number of thiol groups is 1. The summed E-state index contributed by atoms with van der Waals surface area (Å²) in [6.07, 6.45) is 4.66. The molecule has 3 rings (SSSR count). The third kappa shape index (κ3) is 9.61. The zero-order chi connectivity index (χ0) is 30.6. The predicted molar refractivity (Wildman–Crippen MR) is 159 cm³/mol. The van der Waals surface area contributed by atoms with Crippen molar-refractivity contribution >= 4 is 42.2 Å². The van der Waals surface area contributed by atoms with Gasteiger partial charge in [-0.1, -0.05) is 44.2 Å². The van der Waals surface area contributed by atoms with Crippen molar-refractivity contribution in [2.24, 2.45) is 5.92 Å². The molecule has 1 aromatic heterocycles. The maximum atomic E-state index is 13.7. The Labute approximate surface area is 250 Å². The van der Waals surface area contributed by atoms with E-state index in [1.165, 1.54) is 17.4 Å². The highest BCUT2D eigenvalue weighted by Crippen LogP contribution is 2.19. The summed E-state index contributed by atoms with van der Waals surface area (Å²) >= 11 is 4.13. The van der Waals surface area contributed by atoms with Crippen LogP contribution in [0.1, 0.15) is 50.8 Å². The molecule has 1 aliphatic rings. The number of carboxylic acids is 1. The number of carbonyl (C=O) groups excluding carboxylic acids is 4. The molecule has 1 aromatic carbocycles. The molecule has 12 nitrogen and oxygen atoms in total. The molecule has 0 bridgehead atoms. The van der Waals surface area contributed by atoms with Crippen molar-refractivity contribution in [3.63, 3.8) is 0 Å². The van der Waals surface area contributed by atoms with Gasteiger partial charge >= 0.3 is 5.97 Å². The first kappa shape index (κ1) is 32.6. The fourth-order valence-corrected chi connectivity index (χ4v) is 5.16. The SMILES string of the molecule is CC(C)CC(NC(=O)C(Cc1cnc[nH]1)NC(=O)[C@H](Cc1ccccc1)NC(=O)C1CCCN1C(=O)CCS)C(=O)O. The Balaban J connectivity index is 1.82. The topological polar surface area (TPSA) is 174 Å². The van der Waals surface area contributed by atoms with Crippen LogP contribution in [0.15, 0.2) is 42.9 Å². The standard InChI is InChI=1S/C29H40N6O6S/c1-18(2)13-23(29(40)41)34-27(38)22(15-20-16-30-17-31-20)32-26(37)21(14-19-7-4-3-5-8-19)33-28(39)24-9-6-11-35(24)25(36)10-12-42/h3-5,7-8,16-18,21-24,42H,6,9-15H2,1-2H3,(H,30,31)(H,32,37)(H,33,39)(H,34,38)(H,40,41)/t21-,22?,23?,24?/m0/s1. The van der Waals surface area contributed by atoms with E-state index in [1.54, 1.807) is 0 Å². The van der Waals surface area contributed by atoms with E-state index in [-0.39, 0.29) is 37.5 Å². The summed E-state index contributed by atoms with van der Waals surface area (Å²) in [4.78, 5) is 73.2. The number of nitrogens with one attached hydrogen (secondary N) is 4. The first-order chi connectivity index (χ1) is 20.1. The molecule has 0 aliphatic carbocycles. The minimum atomic E-state index is -1.17. The van der Waals surface area contributed by atoms with Crippen LogP contribution >= 0.6 is 12.6 Å². The lowest BCUT2D eigenvalue weighted by atomic mass is 10.0. The highest BCUT2D eigenvalue weighted by molar-refractivity contribution is 7.80. The Morgan fingerprint density at radius 2 is 1.69 bits per heavy atom. The molecule has 2 aromatic rings. The second-order valence-corrected chi connectivity index (χ2v) is 11.3. The maximum absolute atomic E-state index is 13.7. The summed E-state index contributed by atoms with van der Waals surface area (Å²) < 4.78 is 0. The summed E-state index contributed by atoms with van der Waals surface area (Å²) in [6, 6.07) is 5.05. The highest BCUT2D eigenvalue weighted by Gasteiger charge is 2.36. The van der Waals surface area contributed by atoms with Gasteiger partial charge in [0.1, 0.15) is 24.2 Å². The average molecular weight is 601 g/mol. The van der Waals surface area contributed by atoms with Gasteiger partial charge in [0.2, 0.25) is 23.6 Å². The normalized spacial score (nSPS) is 16.9. The van der Waals surface area contributed by atoms with Gasteiger partial charge in [0.15, 0.2) is 0 Å². The first-order valence-electron chi connectivity index (χ1n) is 14.1. The molecular weight excluding hydrogens is 560 g/mol. The number of carboxylic acid groups (broad SMARTS) is 1. The van der Waals surface area contributed by atoms with Crippen LogP contribution in [-0.4, -0.2) is 86.0 Å². The minimum absolute atomic E-state index is 0.00677. The number of H-pyrrole nitrogens is 1. The third-order valence-corrected chi connectivity index (χ3v) is 7.27. The molecule has 1 saturated heterocycles. The Morgan fingerprint density at radius 1 is 1.02 bits per heavy atom. The van der Waals surface area contributed by atoms with Crippen molar-refractivity contribution in [3.8, 4) is 0 Å². The first-order valence-corrected chi connectivity index (χ1v) is 14.8. The maximum Gasteiger partial charge on any atom is 0.326 e. The number of imidazole rings is 1. The Morgan fingerprint density at radius 3 is 2.29 bits per heavy atom. The molecule has 42 heavy (non-hydrogen) atoms. The van der Waals surface area contributed by atoms with Crippen LogP contribution in [0, 0.1) is 5.92 Å². The second-order valence-electron chi connectivity index (χ2n) is 10.8. The lowest BCUT2D eigenvalue weighted by molar-refractivity contribution is -0.142. The summed E-state index contributed by atoms with van der Waals surface area (Å²) in [7, 11) is 0. The van der Waals surface area contributed by atoms with Crippen LogP contribution in [0.4, 0.5) is 0 Å². The molecule has 2 heterocycles. The smallest absolute Gasteiger partial charge is 0.326 e. The number of aromatic nitrogens is 2. The lowest BCUT2D eigenvalue weighted by Crippen LogP contribution is -2.58. The van der Waals surface area contributed by atoms with E-state index in [9.17, 15) is 29.1 Å². The van der Waals surface area contributed by atoms with Crippen LogP contribution in [0.25, 0.3) is 0 Å². The fourth-order valence-electron chi connectivity index (χ4n) is 4.97. The Bertz CT molecular complexity index is 1210. The van der Waals surface area contributed by atoms with E-state index in [0.29, 0.717) is 30.8 Å². The molecule has 228 valence electrons. The van der Waals surface area contributed by atoms with Gasteiger partial charge < -0.3 is 30.9 Å². The van der Waals surface area contributed by atoms with Crippen molar-refractivity contribution in [1.29, 1.82) is 0 Å². The molecule has 0 radical (unpaired) electrons. The van der Waals surface area contributed by atoms with Gasteiger partial charge in [0, 0.05) is 37.7 Å². The number of benzene rings is 1. The monoisotopic (exact) mass is 600 g/mol. The molecule has 13 heteroatoms. The molecule has 4 atom stereocenters. The molecule has 0 saturated carbocycles. The largest absolute Gasteiger partial charge is 0.480 e. The molecule has 0 spiro atoms. The molecule has 4 amide bonds. The van der Waals surface area contributed by atoms with E-state index < -0.39 is 47.9 Å². The molecule has 5 N–H and O–H groups in total. The van der Waals surface area contributed by atoms with Crippen LogP contribution in [-0.2, 0) is 36.8 Å². The van der Waals surface area contributed by atoms with Crippen molar-refractivity contribution in [1.82, 2.24) is 30.8 Å². The molecule has 3 unspecified atom stereocenters. The predicted octanol–water partition coefficient (Wildman–Crippen LogP) is 1.09. The number of carbonyl (C=O) groups is 5. The number of hydrogen-bond acceptors (Lipinski definition) is 7. The van der Waals surface area contributed by atoms with Gasteiger partial charge in [-0.3, -0.25) is 19.2 Å². The quantitative estimate of drug-likeness (QED) is 0.166. The van der Waals surface area contributed by atoms with E-state index in [2.05, 4.69) is 38.5 Å². The second kappa shape index (κ2) is 15.9. The van der Waals surface area contributed by atoms with Gasteiger partial charge in [0.05, 0.1) is 6.33 Å². The number of hydrogen-bond donors (Lipinski definition) is 6. The number of amides is 4. The number of likely N-dealkylation sites (tertiary alicyclic amines) is 1. The van der Waals surface area contributed by atoms with Crippen LogP contribution in [0.5, 0.6) is 0 Å². The summed E-state index contributed by atoms with van der Waals surface area (Å²) in [5.41, 5.74) is 1.34. The summed E-state index contributed by atoms with van der Waals surface area (Å²) in [5.74, 6) is -2.71. The van der Waals surface area contributed by atoms with Gasteiger partial charge in [-0.25, -0.2) is 9.78 Å². The zero-order valence-corrected chi connectivity index (χ0v) is 24.8. The van der Waals surface area contributed by atoms with Crippen molar-refractivity contribution in [3.05, 3.63) is 54.1 Å². The minimum Gasteiger partial charge on any atom is -0.480 e. The Kier molecular flexibility index (Phi) is 12.4. The third-order valence-electron chi connectivity index (χ3n) is 7.05. The van der Waals surface area contributed by atoms with Crippen LogP contribution in [0.3, 0.4) is 0 Å². The fraction of sp³-hybridized carbons (Fsp3) is 0.517. The number of rotatable bonds is 15. The lowest BCUT2D eigenvalue weighted by Gasteiger charge is -2.28. The van der Waals surface area contributed by atoms with E-state index in [1.807, 2.05) is 44.2 Å². The average Bonchev–Trinajstić information content (AvgIpc) is 3.65. The summed E-state index contributed by atoms with van der Waals surface area (Å²) in [6.45, 7) is 4.15. The van der Waals surface area contributed by atoms with E-state index in [4.69, 9.17) is 0 Å². The van der Waals surface area contributed by atoms with Gasteiger partial charge in [0.25, 0.3) is 0 Å². The molecular formula is C29H40N6O6S. The van der Waals surface area contributed by atoms with Gasteiger partial charge in [-0.05, 0) is 36.5 Å². The number of aliphatic carboxylic acids is 1. The van der Waals surface area contributed by atoms with Crippen molar-refractivity contribution in [2.45, 2.75) is 76.5 Å². The molecule has 1 fully saturated rings. The van der Waals surface area contributed by atoms with Crippen molar-refractivity contribution in [2.75, 3.05) is 12.3 Å². The van der Waals surface area contributed by atoms with Gasteiger partial charge in [-0.15, -0.1) is 0 Å². The van der Waals surface area contributed by atoms with Crippen molar-refractivity contribution < 1.29 is 29.1 Å². The zero-order valence-electron chi connectivity index (χ0n) is 23.9. The van der Waals surface area contributed by atoms with Crippen LogP contribution < -0.4 is 16.0 Å². The molecule has 1 aliphatic heterocycles. The highest BCUT2D eigenvalue weighted by atomic mass is 32.1. The van der Waals surface area contributed by atoms with Crippen LogP contribution in [0.2, 0.25) is 0 Å².